The van der Waals surface area contributed by atoms with Crippen LogP contribution in [0.5, 0.6) is 5.75 Å². The Labute approximate surface area is 123 Å². The summed E-state index contributed by atoms with van der Waals surface area (Å²) >= 11 is 3.79. The minimum Gasteiger partial charge on any atom is -0.497 e. The van der Waals surface area contributed by atoms with Crippen molar-refractivity contribution in [2.45, 2.75) is 25.1 Å². The molecular weight excluding hydrogens is 300 g/mol. The van der Waals surface area contributed by atoms with Gasteiger partial charge in [0.25, 0.3) is 0 Å². The molecular formula is C17H19BrO. The highest BCUT2D eigenvalue weighted by Gasteiger charge is 2.11. The molecule has 0 N–H and O–H groups in total. The zero-order chi connectivity index (χ0) is 13.8. The number of ether oxygens (including phenoxy) is 1. The fourth-order valence-electron chi connectivity index (χ4n) is 2.17. The average molecular weight is 319 g/mol. The van der Waals surface area contributed by atoms with Crippen LogP contribution in [0.1, 0.15) is 27.1 Å². The molecule has 0 saturated carbocycles. The lowest BCUT2D eigenvalue weighted by Gasteiger charge is -2.14. The number of benzene rings is 2. The van der Waals surface area contributed by atoms with E-state index in [-0.39, 0.29) is 0 Å². The molecule has 1 atom stereocenters. The average Bonchev–Trinajstić information content (AvgIpc) is 2.43. The molecule has 0 aliphatic heterocycles. The van der Waals surface area contributed by atoms with E-state index in [4.69, 9.17) is 4.74 Å². The molecule has 0 aliphatic carbocycles. The van der Waals surface area contributed by atoms with E-state index in [0.717, 1.165) is 12.2 Å². The van der Waals surface area contributed by atoms with Crippen LogP contribution in [0.15, 0.2) is 42.5 Å². The topological polar surface area (TPSA) is 9.23 Å². The van der Waals surface area contributed by atoms with Crippen LogP contribution in [0.4, 0.5) is 0 Å². The van der Waals surface area contributed by atoms with Crippen molar-refractivity contribution in [3.05, 3.63) is 64.7 Å². The van der Waals surface area contributed by atoms with E-state index in [1.807, 2.05) is 12.1 Å². The summed E-state index contributed by atoms with van der Waals surface area (Å²) in [5.74, 6) is 0.905. The molecule has 0 bridgehead atoms. The van der Waals surface area contributed by atoms with E-state index in [1.165, 1.54) is 22.3 Å². The molecule has 0 fully saturated rings. The highest BCUT2D eigenvalue weighted by Crippen LogP contribution is 2.30. The molecule has 0 amide bonds. The number of halogens is 1. The Balaban J connectivity index is 2.20. The van der Waals surface area contributed by atoms with E-state index in [2.05, 4.69) is 60.1 Å². The standard InChI is InChI=1S/C17H19BrO/c1-12-7-8-13(2)15(9-12)11-17(18)14-5-4-6-16(10-14)19-3/h4-10,17H,11H2,1-3H3. The summed E-state index contributed by atoms with van der Waals surface area (Å²) < 4.78 is 5.28. The molecule has 2 aromatic rings. The first-order valence-corrected chi connectivity index (χ1v) is 7.36. The van der Waals surface area contributed by atoms with E-state index in [9.17, 15) is 0 Å². The first-order chi connectivity index (χ1) is 9.10. The second-order valence-corrected chi connectivity index (χ2v) is 5.98. The van der Waals surface area contributed by atoms with Crippen molar-refractivity contribution < 1.29 is 4.74 Å². The maximum Gasteiger partial charge on any atom is 0.119 e. The quantitative estimate of drug-likeness (QED) is 0.721. The molecule has 1 nitrogen and oxygen atoms in total. The fourth-order valence-corrected chi connectivity index (χ4v) is 2.80. The maximum absolute atomic E-state index is 5.28. The molecule has 100 valence electrons. The summed E-state index contributed by atoms with van der Waals surface area (Å²) in [6.07, 6.45) is 0.987. The second-order valence-electron chi connectivity index (χ2n) is 4.88. The molecule has 0 saturated heterocycles. The number of alkyl halides is 1. The Morgan fingerprint density at radius 3 is 2.63 bits per heavy atom. The lowest BCUT2D eigenvalue weighted by molar-refractivity contribution is 0.414. The summed E-state index contributed by atoms with van der Waals surface area (Å²) in [4.78, 5) is 0.308. The van der Waals surface area contributed by atoms with Crippen molar-refractivity contribution >= 4 is 15.9 Å². The lowest BCUT2D eigenvalue weighted by Crippen LogP contribution is -1.98. The third-order valence-corrected chi connectivity index (χ3v) is 4.21. The van der Waals surface area contributed by atoms with Gasteiger partial charge in [0.05, 0.1) is 7.11 Å². The minimum absolute atomic E-state index is 0.308. The van der Waals surface area contributed by atoms with Crippen LogP contribution in [0.2, 0.25) is 0 Å². The molecule has 2 heteroatoms. The Morgan fingerprint density at radius 2 is 1.89 bits per heavy atom. The lowest BCUT2D eigenvalue weighted by atomic mass is 9.98. The molecule has 19 heavy (non-hydrogen) atoms. The first kappa shape index (κ1) is 14.1. The van der Waals surface area contributed by atoms with Crippen molar-refractivity contribution in [1.82, 2.24) is 0 Å². The van der Waals surface area contributed by atoms with Crippen molar-refractivity contribution in [2.24, 2.45) is 0 Å². The smallest absolute Gasteiger partial charge is 0.119 e. The van der Waals surface area contributed by atoms with Gasteiger partial charge in [-0.15, -0.1) is 0 Å². The summed E-state index contributed by atoms with van der Waals surface area (Å²) in [6, 6.07) is 14.8. The first-order valence-electron chi connectivity index (χ1n) is 6.44. The summed E-state index contributed by atoms with van der Waals surface area (Å²) in [5.41, 5.74) is 5.30. The molecule has 0 aromatic heterocycles. The van der Waals surface area contributed by atoms with E-state index in [1.54, 1.807) is 7.11 Å². The molecule has 1 unspecified atom stereocenters. The van der Waals surface area contributed by atoms with Crippen molar-refractivity contribution in [3.63, 3.8) is 0 Å². The van der Waals surface area contributed by atoms with Gasteiger partial charge in [-0.25, -0.2) is 0 Å². The number of methoxy groups -OCH3 is 1. The van der Waals surface area contributed by atoms with Gasteiger partial charge in [0, 0.05) is 4.83 Å². The van der Waals surface area contributed by atoms with Gasteiger partial charge < -0.3 is 4.74 Å². The highest BCUT2D eigenvalue weighted by atomic mass is 79.9. The fraction of sp³-hybridized carbons (Fsp3) is 0.294. The van der Waals surface area contributed by atoms with Crippen molar-refractivity contribution in [1.29, 1.82) is 0 Å². The van der Waals surface area contributed by atoms with Crippen LogP contribution >= 0.6 is 15.9 Å². The maximum atomic E-state index is 5.28. The Morgan fingerprint density at radius 1 is 1.11 bits per heavy atom. The van der Waals surface area contributed by atoms with Crippen molar-refractivity contribution in [3.8, 4) is 5.75 Å². The minimum atomic E-state index is 0.308. The zero-order valence-corrected chi connectivity index (χ0v) is 13.2. The van der Waals surface area contributed by atoms with Gasteiger partial charge in [-0.3, -0.25) is 0 Å². The molecule has 0 heterocycles. The monoisotopic (exact) mass is 318 g/mol. The normalized spacial score (nSPS) is 12.2. The van der Waals surface area contributed by atoms with Gasteiger partial charge >= 0.3 is 0 Å². The Hall–Kier alpha value is -1.28. The van der Waals surface area contributed by atoms with Crippen LogP contribution in [0.3, 0.4) is 0 Å². The van der Waals surface area contributed by atoms with Gasteiger partial charge in [-0.1, -0.05) is 51.8 Å². The summed E-state index contributed by atoms with van der Waals surface area (Å²) in [5, 5.41) is 0. The van der Waals surface area contributed by atoms with Crippen LogP contribution in [-0.4, -0.2) is 7.11 Å². The van der Waals surface area contributed by atoms with Gasteiger partial charge in [0.15, 0.2) is 0 Å². The van der Waals surface area contributed by atoms with Gasteiger partial charge in [0.1, 0.15) is 5.75 Å². The molecule has 2 rings (SSSR count). The second kappa shape index (κ2) is 6.25. The number of rotatable bonds is 4. The molecule has 0 aliphatic rings. The number of aryl methyl sites for hydroxylation is 2. The predicted octanol–water partition coefficient (Wildman–Crippen LogP) is 4.99. The third-order valence-electron chi connectivity index (χ3n) is 3.36. The Kier molecular flexibility index (Phi) is 4.65. The predicted molar refractivity (Wildman–Crippen MR) is 84.3 cm³/mol. The van der Waals surface area contributed by atoms with Crippen LogP contribution < -0.4 is 4.74 Å². The van der Waals surface area contributed by atoms with Gasteiger partial charge in [0.2, 0.25) is 0 Å². The van der Waals surface area contributed by atoms with Crippen LogP contribution in [-0.2, 0) is 6.42 Å². The molecule has 2 aromatic carbocycles. The third kappa shape index (κ3) is 3.60. The highest BCUT2D eigenvalue weighted by molar-refractivity contribution is 9.09. The van der Waals surface area contributed by atoms with Crippen molar-refractivity contribution in [2.75, 3.05) is 7.11 Å². The zero-order valence-electron chi connectivity index (χ0n) is 11.6. The van der Waals surface area contributed by atoms with E-state index in [0.29, 0.717) is 4.83 Å². The summed E-state index contributed by atoms with van der Waals surface area (Å²) in [7, 11) is 1.70. The number of hydrogen-bond donors (Lipinski definition) is 0. The Bertz CT molecular complexity index is 563. The van der Waals surface area contributed by atoms with Gasteiger partial charge in [-0.2, -0.15) is 0 Å². The molecule has 0 spiro atoms. The molecule has 0 radical (unpaired) electrons. The van der Waals surface area contributed by atoms with Gasteiger partial charge in [-0.05, 0) is 49.1 Å². The summed E-state index contributed by atoms with van der Waals surface area (Å²) in [6.45, 7) is 4.30. The van der Waals surface area contributed by atoms with Crippen LogP contribution in [0, 0.1) is 13.8 Å². The number of hydrogen-bond acceptors (Lipinski definition) is 1. The largest absolute Gasteiger partial charge is 0.497 e. The SMILES string of the molecule is COc1cccc(C(Br)Cc2cc(C)ccc2C)c1. The van der Waals surface area contributed by atoms with E-state index >= 15 is 0 Å². The van der Waals surface area contributed by atoms with Crippen LogP contribution in [0.25, 0.3) is 0 Å². The van der Waals surface area contributed by atoms with E-state index < -0.39 is 0 Å².